The first-order valence-electron chi connectivity index (χ1n) is 6.05. The van der Waals surface area contributed by atoms with E-state index in [0.717, 1.165) is 22.5 Å². The number of hydrogen-bond donors (Lipinski definition) is 3. The number of rotatable bonds is 2. The number of hydrogen-bond acceptors (Lipinski definition) is 2. The van der Waals surface area contributed by atoms with Gasteiger partial charge in [0.2, 0.25) is 0 Å². The minimum absolute atomic E-state index is 0.269. The molecule has 4 heteroatoms. The van der Waals surface area contributed by atoms with E-state index in [9.17, 15) is 4.79 Å². The van der Waals surface area contributed by atoms with Gasteiger partial charge >= 0.3 is 6.03 Å². The summed E-state index contributed by atoms with van der Waals surface area (Å²) < 4.78 is 0. The Hall–Kier alpha value is -2.49. The summed E-state index contributed by atoms with van der Waals surface area (Å²) in [7, 11) is 0. The summed E-state index contributed by atoms with van der Waals surface area (Å²) in [6.45, 7) is 3.88. The molecule has 98 valence electrons. The average Bonchev–Trinajstić information content (AvgIpc) is 2.34. The molecule has 2 aromatic carbocycles. The summed E-state index contributed by atoms with van der Waals surface area (Å²) in [6, 6.07) is 12.8. The van der Waals surface area contributed by atoms with Crippen LogP contribution in [-0.2, 0) is 0 Å². The van der Waals surface area contributed by atoms with Crippen molar-refractivity contribution in [2.24, 2.45) is 0 Å². The van der Waals surface area contributed by atoms with E-state index < -0.39 is 0 Å². The van der Waals surface area contributed by atoms with Crippen LogP contribution in [0.2, 0.25) is 0 Å². The van der Waals surface area contributed by atoms with Crippen molar-refractivity contribution >= 4 is 23.1 Å². The van der Waals surface area contributed by atoms with E-state index in [2.05, 4.69) is 10.6 Å². The highest BCUT2D eigenvalue weighted by Gasteiger charge is 2.03. The standard InChI is InChI=1S/C15H17N3O/c1-10-4-3-5-12(8-10)17-15(19)18-13-6-7-14(16)11(2)9-13/h3-9H,16H2,1-2H3,(H2,17,18,19). The lowest BCUT2D eigenvalue weighted by molar-refractivity contribution is 0.262. The zero-order chi connectivity index (χ0) is 13.8. The van der Waals surface area contributed by atoms with E-state index >= 15 is 0 Å². The molecule has 0 saturated heterocycles. The van der Waals surface area contributed by atoms with Crippen molar-refractivity contribution in [2.45, 2.75) is 13.8 Å². The summed E-state index contributed by atoms with van der Waals surface area (Å²) in [5, 5.41) is 5.56. The highest BCUT2D eigenvalue weighted by atomic mass is 16.2. The van der Waals surface area contributed by atoms with Crippen molar-refractivity contribution in [1.82, 2.24) is 0 Å². The molecular weight excluding hydrogens is 238 g/mol. The smallest absolute Gasteiger partial charge is 0.323 e. The van der Waals surface area contributed by atoms with Gasteiger partial charge in [0.15, 0.2) is 0 Å². The lowest BCUT2D eigenvalue weighted by Gasteiger charge is -2.09. The molecule has 0 heterocycles. The van der Waals surface area contributed by atoms with Crippen LogP contribution < -0.4 is 16.4 Å². The highest BCUT2D eigenvalue weighted by molar-refractivity contribution is 5.99. The Morgan fingerprint density at radius 1 is 1.00 bits per heavy atom. The van der Waals surface area contributed by atoms with Crippen molar-refractivity contribution in [1.29, 1.82) is 0 Å². The zero-order valence-electron chi connectivity index (χ0n) is 11.0. The molecule has 0 bridgehead atoms. The fraction of sp³-hybridized carbons (Fsp3) is 0.133. The molecule has 0 aliphatic carbocycles. The fourth-order valence-electron chi connectivity index (χ4n) is 1.77. The van der Waals surface area contributed by atoms with E-state index in [1.165, 1.54) is 0 Å². The second-order valence-corrected chi connectivity index (χ2v) is 4.52. The summed E-state index contributed by atoms with van der Waals surface area (Å²) in [6.07, 6.45) is 0. The predicted octanol–water partition coefficient (Wildman–Crippen LogP) is 3.53. The molecular formula is C15H17N3O. The van der Waals surface area contributed by atoms with E-state index in [4.69, 9.17) is 5.73 Å². The molecule has 2 rings (SSSR count). The summed E-state index contributed by atoms with van der Waals surface area (Å²) in [5.41, 5.74) is 9.97. The third-order valence-corrected chi connectivity index (χ3v) is 2.80. The number of carbonyl (C=O) groups is 1. The van der Waals surface area contributed by atoms with Crippen LogP contribution in [0, 0.1) is 13.8 Å². The van der Waals surface area contributed by atoms with Gasteiger partial charge in [0, 0.05) is 17.1 Å². The quantitative estimate of drug-likeness (QED) is 0.719. The van der Waals surface area contributed by atoms with E-state index in [0.29, 0.717) is 5.69 Å². The second kappa shape index (κ2) is 5.44. The van der Waals surface area contributed by atoms with Gasteiger partial charge in [-0.3, -0.25) is 0 Å². The summed E-state index contributed by atoms with van der Waals surface area (Å²) >= 11 is 0. The number of amides is 2. The Kier molecular flexibility index (Phi) is 3.71. The number of benzene rings is 2. The number of nitrogen functional groups attached to an aromatic ring is 1. The van der Waals surface area contributed by atoms with Gasteiger partial charge in [-0.25, -0.2) is 4.79 Å². The molecule has 0 fully saturated rings. The molecule has 0 aromatic heterocycles. The first kappa shape index (κ1) is 13.0. The maximum absolute atomic E-state index is 11.8. The molecule has 0 saturated carbocycles. The van der Waals surface area contributed by atoms with Crippen LogP contribution in [0.1, 0.15) is 11.1 Å². The van der Waals surface area contributed by atoms with Gasteiger partial charge in [0.05, 0.1) is 0 Å². The van der Waals surface area contributed by atoms with E-state index in [-0.39, 0.29) is 6.03 Å². The van der Waals surface area contributed by atoms with Crippen LogP contribution in [0.15, 0.2) is 42.5 Å². The number of nitrogens with one attached hydrogen (secondary N) is 2. The fourth-order valence-corrected chi connectivity index (χ4v) is 1.77. The summed E-state index contributed by atoms with van der Waals surface area (Å²) in [5.74, 6) is 0. The van der Waals surface area contributed by atoms with Crippen molar-refractivity contribution in [3.05, 3.63) is 53.6 Å². The Labute approximate surface area is 112 Å². The summed E-state index contributed by atoms with van der Waals surface area (Å²) in [4.78, 5) is 11.8. The number of nitrogens with two attached hydrogens (primary N) is 1. The Balaban J connectivity index is 2.03. The zero-order valence-corrected chi connectivity index (χ0v) is 11.0. The lowest BCUT2D eigenvalue weighted by atomic mass is 10.2. The highest BCUT2D eigenvalue weighted by Crippen LogP contribution is 2.17. The van der Waals surface area contributed by atoms with Gasteiger partial charge in [-0.1, -0.05) is 12.1 Å². The van der Waals surface area contributed by atoms with Gasteiger partial charge in [0.1, 0.15) is 0 Å². The Morgan fingerprint density at radius 2 is 1.68 bits per heavy atom. The number of anilines is 3. The number of aryl methyl sites for hydroxylation is 2. The normalized spacial score (nSPS) is 10.0. The average molecular weight is 255 g/mol. The Morgan fingerprint density at radius 3 is 2.32 bits per heavy atom. The van der Waals surface area contributed by atoms with E-state index in [1.807, 2.05) is 44.2 Å². The number of urea groups is 1. The molecule has 2 aromatic rings. The topological polar surface area (TPSA) is 67.2 Å². The molecule has 0 atom stereocenters. The molecule has 2 amide bonds. The van der Waals surface area contributed by atoms with Crippen LogP contribution in [0.3, 0.4) is 0 Å². The molecule has 4 nitrogen and oxygen atoms in total. The third-order valence-electron chi connectivity index (χ3n) is 2.80. The van der Waals surface area contributed by atoms with Crippen molar-refractivity contribution < 1.29 is 4.79 Å². The monoisotopic (exact) mass is 255 g/mol. The van der Waals surface area contributed by atoms with E-state index in [1.54, 1.807) is 12.1 Å². The molecule has 0 aliphatic rings. The van der Waals surface area contributed by atoms with Crippen molar-refractivity contribution in [2.75, 3.05) is 16.4 Å². The van der Waals surface area contributed by atoms with Crippen LogP contribution in [0.4, 0.5) is 21.9 Å². The van der Waals surface area contributed by atoms with Crippen LogP contribution in [-0.4, -0.2) is 6.03 Å². The largest absolute Gasteiger partial charge is 0.399 e. The SMILES string of the molecule is Cc1cccc(NC(=O)Nc2ccc(N)c(C)c2)c1. The molecule has 0 aliphatic heterocycles. The predicted molar refractivity (Wildman–Crippen MR) is 79.4 cm³/mol. The Bertz CT molecular complexity index is 608. The van der Waals surface area contributed by atoms with Crippen LogP contribution in [0.25, 0.3) is 0 Å². The first-order valence-corrected chi connectivity index (χ1v) is 6.05. The maximum atomic E-state index is 11.8. The minimum Gasteiger partial charge on any atom is -0.399 e. The minimum atomic E-state index is -0.269. The van der Waals surface area contributed by atoms with Crippen LogP contribution in [0.5, 0.6) is 0 Å². The van der Waals surface area contributed by atoms with Crippen molar-refractivity contribution in [3.63, 3.8) is 0 Å². The molecule has 4 N–H and O–H groups in total. The van der Waals surface area contributed by atoms with Gasteiger partial charge < -0.3 is 16.4 Å². The molecule has 0 radical (unpaired) electrons. The second-order valence-electron chi connectivity index (χ2n) is 4.52. The van der Waals surface area contributed by atoms with Gasteiger partial charge in [0.25, 0.3) is 0 Å². The lowest BCUT2D eigenvalue weighted by Crippen LogP contribution is -2.19. The van der Waals surface area contributed by atoms with Gasteiger partial charge in [-0.05, 0) is 55.3 Å². The molecule has 0 spiro atoms. The molecule has 19 heavy (non-hydrogen) atoms. The van der Waals surface area contributed by atoms with Crippen molar-refractivity contribution in [3.8, 4) is 0 Å². The number of carbonyl (C=O) groups excluding carboxylic acids is 1. The third kappa shape index (κ3) is 3.48. The van der Waals surface area contributed by atoms with Gasteiger partial charge in [-0.15, -0.1) is 0 Å². The first-order chi connectivity index (χ1) is 9.04. The van der Waals surface area contributed by atoms with Gasteiger partial charge in [-0.2, -0.15) is 0 Å². The molecule has 0 unspecified atom stereocenters. The maximum Gasteiger partial charge on any atom is 0.323 e. The van der Waals surface area contributed by atoms with Crippen LogP contribution >= 0.6 is 0 Å².